The maximum absolute atomic E-state index is 2.77. The van der Waals surface area contributed by atoms with Gasteiger partial charge < -0.3 is 24.8 Å². The molecule has 0 rings (SSSR count). The summed E-state index contributed by atoms with van der Waals surface area (Å²) in [6.45, 7) is 4.58. The molecule has 0 aliphatic rings. The number of unbranched alkanes of at least 4 members (excludes halogenated alkanes) is 2. The Kier molecular flexibility index (Phi) is 22.4. The molecule has 0 aliphatic carbocycles. The van der Waals surface area contributed by atoms with Crippen molar-refractivity contribution < 1.29 is 24.8 Å². The molecule has 0 bridgehead atoms. The Morgan fingerprint density at radius 1 is 1.00 bits per heavy atom. The van der Waals surface area contributed by atoms with Crippen molar-refractivity contribution in [3.63, 3.8) is 0 Å². The van der Waals surface area contributed by atoms with Crippen molar-refractivity contribution in [2.24, 2.45) is 5.92 Å². The Bertz CT molecular complexity index is 58.1. The van der Waals surface area contributed by atoms with E-state index in [1.807, 2.05) is 0 Å². The molecule has 0 saturated heterocycles. The van der Waals surface area contributed by atoms with Gasteiger partial charge in [0.05, 0.1) is 0 Å². The van der Waals surface area contributed by atoms with E-state index in [1.54, 1.807) is 0 Å². The number of hydrogen-bond donors (Lipinski definition) is 0. The van der Waals surface area contributed by atoms with Crippen molar-refractivity contribution in [1.29, 1.82) is 0 Å². The minimum Gasteiger partial charge on any atom is -1.00 e. The van der Waals surface area contributed by atoms with Gasteiger partial charge in [-0.3, -0.25) is 0 Å². The van der Waals surface area contributed by atoms with Crippen molar-refractivity contribution in [2.75, 3.05) is 0 Å². The number of rotatable bonds is 5. The molecular formula is C8H17AlCl2. The zero-order valence-corrected chi connectivity index (χ0v) is 10.1. The zero-order valence-electron chi connectivity index (χ0n) is 7.45. The first-order valence-corrected chi connectivity index (χ1v) is 4.79. The first kappa shape index (κ1) is 18.0. The van der Waals surface area contributed by atoms with Gasteiger partial charge in [0.1, 0.15) is 0 Å². The van der Waals surface area contributed by atoms with E-state index in [2.05, 4.69) is 30.1 Å². The predicted molar refractivity (Wildman–Crippen MR) is 43.9 cm³/mol. The smallest absolute Gasteiger partial charge is 1.00 e. The van der Waals surface area contributed by atoms with E-state index in [0.717, 1.165) is 5.92 Å². The standard InChI is InChI=1S/C8H17.Al.2ClH/c1-4-5-6-7-8(2)3;;;/h8H,1,4-7H2,2-3H3;;2*1H/q;+2;;/p-2. The Morgan fingerprint density at radius 3 is 1.91 bits per heavy atom. The topological polar surface area (TPSA) is 0 Å². The fourth-order valence-electron chi connectivity index (χ4n) is 0.874. The molecule has 66 valence electrons. The van der Waals surface area contributed by atoms with E-state index >= 15 is 0 Å². The van der Waals surface area contributed by atoms with Crippen LogP contribution in [-0.2, 0) is 0 Å². The van der Waals surface area contributed by atoms with Crippen LogP contribution in [0.3, 0.4) is 0 Å². The molecule has 0 heterocycles. The SMILES string of the molecule is CC(C)CCCC[CH2][Al+2].[Cl-].[Cl-]. The molecule has 0 aliphatic heterocycles. The average molecular weight is 211 g/mol. The van der Waals surface area contributed by atoms with Crippen LogP contribution in [0.4, 0.5) is 0 Å². The van der Waals surface area contributed by atoms with Gasteiger partial charge in [0.2, 0.25) is 0 Å². The monoisotopic (exact) mass is 210 g/mol. The van der Waals surface area contributed by atoms with Crippen LogP contribution in [0.5, 0.6) is 0 Å². The molecule has 0 nitrogen and oxygen atoms in total. The van der Waals surface area contributed by atoms with Gasteiger partial charge in [-0.15, -0.1) is 0 Å². The maximum Gasteiger partial charge on any atom is -1.00 e. The Labute approximate surface area is 91.8 Å². The quantitative estimate of drug-likeness (QED) is 0.332. The van der Waals surface area contributed by atoms with Gasteiger partial charge in [-0.1, -0.05) is 0 Å². The van der Waals surface area contributed by atoms with Crippen LogP contribution in [0.25, 0.3) is 0 Å². The van der Waals surface area contributed by atoms with Crippen LogP contribution in [0.2, 0.25) is 5.28 Å². The largest absolute Gasteiger partial charge is 1.00 e. The second-order valence-electron chi connectivity index (χ2n) is 3.03. The third kappa shape index (κ3) is 18.2. The van der Waals surface area contributed by atoms with Crippen molar-refractivity contribution in [1.82, 2.24) is 0 Å². The molecule has 0 fully saturated rings. The van der Waals surface area contributed by atoms with E-state index in [-0.39, 0.29) is 24.8 Å². The average Bonchev–Trinajstić information content (AvgIpc) is 1.80. The molecule has 0 aromatic heterocycles. The van der Waals surface area contributed by atoms with Crippen molar-refractivity contribution >= 4 is 16.3 Å². The molecule has 0 aromatic carbocycles. The van der Waals surface area contributed by atoms with Gasteiger partial charge in [-0.25, -0.2) is 0 Å². The second-order valence-corrected chi connectivity index (χ2v) is 3.61. The predicted octanol–water partition coefficient (Wildman–Crippen LogP) is -3.20. The summed E-state index contributed by atoms with van der Waals surface area (Å²) in [5, 5.41) is 1.28. The van der Waals surface area contributed by atoms with Crippen LogP contribution in [-0.4, -0.2) is 16.3 Å². The number of halogens is 2. The van der Waals surface area contributed by atoms with E-state index in [1.165, 1.54) is 31.0 Å². The van der Waals surface area contributed by atoms with Crippen molar-refractivity contribution in [2.45, 2.75) is 44.8 Å². The van der Waals surface area contributed by atoms with Crippen LogP contribution >= 0.6 is 0 Å². The second kappa shape index (κ2) is 13.7. The minimum atomic E-state index is 0. The summed E-state index contributed by atoms with van der Waals surface area (Å²) in [5.74, 6) is 0.898. The Morgan fingerprint density at radius 2 is 1.55 bits per heavy atom. The third-order valence-electron chi connectivity index (χ3n) is 1.49. The van der Waals surface area contributed by atoms with Crippen LogP contribution in [0, 0.1) is 5.92 Å². The van der Waals surface area contributed by atoms with Crippen molar-refractivity contribution in [3.8, 4) is 0 Å². The summed E-state index contributed by atoms with van der Waals surface area (Å²) in [5.41, 5.74) is 0. The van der Waals surface area contributed by atoms with E-state index in [9.17, 15) is 0 Å². The summed E-state index contributed by atoms with van der Waals surface area (Å²) in [4.78, 5) is 0. The fourth-order valence-corrected chi connectivity index (χ4v) is 1.16. The van der Waals surface area contributed by atoms with Crippen LogP contribution in [0.15, 0.2) is 0 Å². The first-order valence-electron chi connectivity index (χ1n) is 3.97. The van der Waals surface area contributed by atoms with Crippen molar-refractivity contribution in [3.05, 3.63) is 0 Å². The van der Waals surface area contributed by atoms with Crippen LogP contribution < -0.4 is 24.8 Å². The molecule has 0 saturated carbocycles. The summed E-state index contributed by atoms with van der Waals surface area (Å²) in [6.07, 6.45) is 5.63. The summed E-state index contributed by atoms with van der Waals surface area (Å²) in [6, 6.07) is 0. The fraction of sp³-hybridized carbons (Fsp3) is 1.00. The molecule has 0 spiro atoms. The molecule has 0 amide bonds. The van der Waals surface area contributed by atoms with Gasteiger partial charge in [0, 0.05) is 0 Å². The molecule has 0 unspecified atom stereocenters. The van der Waals surface area contributed by atoms with E-state index in [0.29, 0.717) is 0 Å². The Balaban J connectivity index is -0.000000320. The Hall–Kier alpha value is 1.11. The summed E-state index contributed by atoms with van der Waals surface area (Å²) < 4.78 is 0. The van der Waals surface area contributed by atoms with Crippen LogP contribution in [0.1, 0.15) is 39.5 Å². The molecule has 0 atom stereocenters. The van der Waals surface area contributed by atoms with Gasteiger partial charge in [0.15, 0.2) is 0 Å². The molecule has 3 heteroatoms. The number of hydrogen-bond acceptors (Lipinski definition) is 0. The van der Waals surface area contributed by atoms with Gasteiger partial charge in [-0.05, 0) is 0 Å². The third-order valence-corrected chi connectivity index (χ3v) is 1.89. The summed E-state index contributed by atoms with van der Waals surface area (Å²) in [7, 11) is 0. The normalized spacial score (nSPS) is 8.82. The maximum atomic E-state index is 2.77. The van der Waals surface area contributed by atoms with Gasteiger partial charge in [0.25, 0.3) is 0 Å². The zero-order chi connectivity index (χ0) is 7.11. The molecule has 0 aromatic rings. The molecule has 11 heavy (non-hydrogen) atoms. The molecule has 0 N–H and O–H groups in total. The molecule has 0 radical (unpaired) electrons. The summed E-state index contributed by atoms with van der Waals surface area (Å²) >= 11 is 2.77. The van der Waals surface area contributed by atoms with E-state index in [4.69, 9.17) is 0 Å². The minimum absolute atomic E-state index is 0. The van der Waals surface area contributed by atoms with E-state index < -0.39 is 0 Å². The van der Waals surface area contributed by atoms with Gasteiger partial charge in [-0.2, -0.15) is 0 Å². The first-order chi connectivity index (χ1) is 4.27. The molecular weight excluding hydrogens is 194 g/mol. The van der Waals surface area contributed by atoms with Gasteiger partial charge >= 0.3 is 67.0 Å².